The molecular weight excluding hydrogens is 576 g/mol. The lowest BCUT2D eigenvalue weighted by Gasteiger charge is -2.23. The number of anilines is 2. The molecule has 2 heterocycles. The molecule has 0 saturated carbocycles. The van der Waals surface area contributed by atoms with E-state index >= 15 is 0 Å². The van der Waals surface area contributed by atoms with Gasteiger partial charge in [-0.2, -0.15) is 5.26 Å². The molecule has 0 radical (unpaired) electrons. The SMILES string of the molecule is CCN1C(=O)C(CCNc2cccc(NC(=O)CN(C)CCc3ccccc3)n2)SC1CC(C#N)C(=O)NCC(C)(F)F. The summed E-state index contributed by atoms with van der Waals surface area (Å²) in [7, 11) is 1.89. The molecule has 2 aromatic rings. The number of hydrogen-bond donors (Lipinski definition) is 3. The van der Waals surface area contributed by atoms with Gasteiger partial charge in [0.25, 0.3) is 5.92 Å². The molecular formula is C30H39F2N7O3S. The van der Waals surface area contributed by atoms with Crippen molar-refractivity contribution < 1.29 is 23.2 Å². The topological polar surface area (TPSA) is 130 Å². The molecule has 232 valence electrons. The van der Waals surface area contributed by atoms with Crippen molar-refractivity contribution in [1.29, 1.82) is 5.26 Å². The summed E-state index contributed by atoms with van der Waals surface area (Å²) in [5, 5.41) is 16.8. The summed E-state index contributed by atoms with van der Waals surface area (Å²) >= 11 is 1.37. The van der Waals surface area contributed by atoms with Crippen LogP contribution in [-0.2, 0) is 20.8 Å². The Hall–Kier alpha value is -3.76. The number of halogens is 2. The van der Waals surface area contributed by atoms with E-state index in [-0.39, 0.29) is 24.8 Å². The van der Waals surface area contributed by atoms with Crippen molar-refractivity contribution in [2.45, 2.75) is 49.7 Å². The van der Waals surface area contributed by atoms with Crippen molar-refractivity contribution in [1.82, 2.24) is 20.1 Å². The first-order chi connectivity index (χ1) is 20.5. The van der Waals surface area contributed by atoms with E-state index in [2.05, 4.69) is 33.1 Å². The van der Waals surface area contributed by atoms with Crippen molar-refractivity contribution in [3.8, 4) is 6.07 Å². The molecule has 10 nitrogen and oxygen atoms in total. The van der Waals surface area contributed by atoms with E-state index in [1.54, 1.807) is 23.1 Å². The molecule has 3 unspecified atom stereocenters. The fraction of sp³-hybridized carbons (Fsp3) is 0.500. The van der Waals surface area contributed by atoms with Gasteiger partial charge in [-0.3, -0.25) is 19.3 Å². The molecule has 1 aliphatic heterocycles. The van der Waals surface area contributed by atoms with Crippen molar-refractivity contribution >= 4 is 41.1 Å². The van der Waals surface area contributed by atoms with Crippen molar-refractivity contribution in [2.75, 3.05) is 50.4 Å². The van der Waals surface area contributed by atoms with E-state index < -0.39 is 34.9 Å². The number of nitriles is 1. The number of carbonyl (C=O) groups excluding carboxylic acids is 3. The van der Waals surface area contributed by atoms with Gasteiger partial charge < -0.3 is 20.9 Å². The largest absolute Gasteiger partial charge is 0.370 e. The number of pyridine rings is 1. The predicted octanol–water partition coefficient (Wildman–Crippen LogP) is 3.59. The summed E-state index contributed by atoms with van der Waals surface area (Å²) in [6.07, 6.45) is 1.36. The Morgan fingerprint density at radius 1 is 1.19 bits per heavy atom. The quantitative estimate of drug-likeness (QED) is 0.261. The number of carbonyl (C=O) groups is 3. The maximum absolute atomic E-state index is 13.1. The van der Waals surface area contributed by atoms with Crippen molar-refractivity contribution in [3.63, 3.8) is 0 Å². The zero-order valence-corrected chi connectivity index (χ0v) is 25.5. The number of nitrogens with zero attached hydrogens (tertiary/aromatic N) is 4. The van der Waals surface area contributed by atoms with E-state index in [4.69, 9.17) is 0 Å². The summed E-state index contributed by atoms with van der Waals surface area (Å²) in [5.41, 5.74) is 1.21. The van der Waals surface area contributed by atoms with Crippen LogP contribution in [0.5, 0.6) is 0 Å². The molecule has 0 aliphatic carbocycles. The highest BCUT2D eigenvalue weighted by molar-refractivity contribution is 8.01. The van der Waals surface area contributed by atoms with Gasteiger partial charge in [-0.25, -0.2) is 13.8 Å². The van der Waals surface area contributed by atoms with Gasteiger partial charge in [0.1, 0.15) is 17.6 Å². The molecule has 0 bridgehead atoms. The molecule has 1 aliphatic rings. The third-order valence-corrected chi connectivity index (χ3v) is 8.35. The van der Waals surface area contributed by atoms with Crippen LogP contribution < -0.4 is 16.0 Å². The number of benzene rings is 1. The normalized spacial score (nSPS) is 17.4. The van der Waals surface area contributed by atoms with Crippen LogP contribution in [0, 0.1) is 17.2 Å². The Balaban J connectivity index is 1.45. The van der Waals surface area contributed by atoms with E-state index in [0.29, 0.717) is 38.1 Å². The van der Waals surface area contributed by atoms with Crippen LogP contribution in [0.2, 0.25) is 0 Å². The molecule has 1 aromatic carbocycles. The molecule has 1 fully saturated rings. The number of rotatable bonds is 16. The minimum Gasteiger partial charge on any atom is -0.370 e. The second-order valence-corrected chi connectivity index (χ2v) is 11.9. The van der Waals surface area contributed by atoms with Gasteiger partial charge in [0, 0.05) is 33.0 Å². The molecule has 13 heteroatoms. The third kappa shape index (κ3) is 11.1. The molecule has 3 N–H and O–H groups in total. The van der Waals surface area contributed by atoms with Crippen LogP contribution in [0.1, 0.15) is 32.3 Å². The average molecular weight is 616 g/mol. The van der Waals surface area contributed by atoms with E-state index in [0.717, 1.165) is 13.0 Å². The number of likely N-dealkylation sites (N-methyl/N-ethyl adjacent to an activating group) is 1. The summed E-state index contributed by atoms with van der Waals surface area (Å²) in [5.74, 6) is -4.31. The van der Waals surface area contributed by atoms with Crippen LogP contribution >= 0.6 is 11.8 Å². The molecule has 1 saturated heterocycles. The fourth-order valence-corrected chi connectivity index (χ4v) is 6.16. The number of aromatic nitrogens is 1. The van der Waals surface area contributed by atoms with Crippen LogP contribution in [0.15, 0.2) is 48.5 Å². The summed E-state index contributed by atoms with van der Waals surface area (Å²) < 4.78 is 26.3. The summed E-state index contributed by atoms with van der Waals surface area (Å²) in [6, 6.07) is 17.2. The molecule has 0 spiro atoms. The number of thioether (sulfide) groups is 1. The van der Waals surface area contributed by atoms with Gasteiger partial charge >= 0.3 is 0 Å². The Bertz CT molecular complexity index is 1270. The van der Waals surface area contributed by atoms with Gasteiger partial charge in [-0.15, -0.1) is 11.8 Å². The van der Waals surface area contributed by atoms with Crippen LogP contribution in [0.4, 0.5) is 20.4 Å². The fourth-order valence-electron chi connectivity index (χ4n) is 4.57. The van der Waals surface area contributed by atoms with Gasteiger partial charge in [0.15, 0.2) is 0 Å². The highest BCUT2D eigenvalue weighted by Crippen LogP contribution is 2.37. The van der Waals surface area contributed by atoms with Crippen molar-refractivity contribution in [2.24, 2.45) is 5.92 Å². The van der Waals surface area contributed by atoms with E-state index in [1.807, 2.05) is 43.1 Å². The highest BCUT2D eigenvalue weighted by atomic mass is 32.2. The molecule has 3 atom stereocenters. The first-order valence-corrected chi connectivity index (χ1v) is 15.2. The van der Waals surface area contributed by atoms with Gasteiger partial charge in [0.2, 0.25) is 17.7 Å². The van der Waals surface area contributed by atoms with Gasteiger partial charge in [-0.05, 0) is 44.5 Å². The monoisotopic (exact) mass is 615 g/mol. The number of hydrogen-bond acceptors (Lipinski definition) is 8. The first kappa shape index (κ1) is 33.7. The van der Waals surface area contributed by atoms with Gasteiger partial charge in [-0.1, -0.05) is 36.4 Å². The van der Waals surface area contributed by atoms with Crippen LogP contribution in [-0.4, -0.2) is 88.8 Å². The maximum Gasteiger partial charge on any atom is 0.262 e. The van der Waals surface area contributed by atoms with Crippen LogP contribution in [0.25, 0.3) is 0 Å². The van der Waals surface area contributed by atoms with E-state index in [1.165, 1.54) is 17.3 Å². The lowest BCUT2D eigenvalue weighted by atomic mass is 10.1. The predicted molar refractivity (Wildman–Crippen MR) is 164 cm³/mol. The zero-order valence-electron chi connectivity index (χ0n) is 24.7. The van der Waals surface area contributed by atoms with Crippen molar-refractivity contribution in [3.05, 3.63) is 54.1 Å². The summed E-state index contributed by atoms with van der Waals surface area (Å²) in [4.78, 5) is 45.9. The number of nitrogens with one attached hydrogen (secondary N) is 3. The van der Waals surface area contributed by atoms with E-state index in [9.17, 15) is 28.4 Å². The molecule has 3 rings (SSSR count). The second-order valence-electron chi connectivity index (χ2n) is 10.6. The average Bonchev–Trinajstić information content (AvgIpc) is 3.27. The lowest BCUT2D eigenvalue weighted by molar-refractivity contribution is -0.131. The molecule has 1 aromatic heterocycles. The molecule has 3 amide bonds. The maximum atomic E-state index is 13.1. The molecule has 43 heavy (non-hydrogen) atoms. The standard InChI is InChI=1S/C30H39F2N7O3S/c1-4-39-27(17-22(18-33)28(41)35-20-30(2,31)32)43-23(29(39)42)13-15-34-24-11-8-12-25(36-24)37-26(40)19-38(3)16-14-21-9-6-5-7-10-21/h5-12,22-23,27H,4,13-17,19-20H2,1-3H3,(H,35,41)(H2,34,36,37,40). The number of alkyl halides is 2. The minimum absolute atomic E-state index is 0.0521. The third-order valence-electron chi connectivity index (χ3n) is 6.82. The summed E-state index contributed by atoms with van der Waals surface area (Å²) in [6.45, 7) is 3.44. The Morgan fingerprint density at radius 2 is 1.91 bits per heavy atom. The van der Waals surface area contributed by atoms with Crippen LogP contribution in [0.3, 0.4) is 0 Å². The second kappa shape index (κ2) is 16.2. The minimum atomic E-state index is -3.08. The smallest absolute Gasteiger partial charge is 0.262 e. The lowest BCUT2D eigenvalue weighted by Crippen LogP contribution is -2.41. The zero-order chi connectivity index (χ0) is 31.4. The Labute approximate surface area is 255 Å². The number of amides is 3. The Morgan fingerprint density at radius 3 is 2.58 bits per heavy atom. The highest BCUT2D eigenvalue weighted by Gasteiger charge is 2.41. The first-order valence-electron chi connectivity index (χ1n) is 14.2. The Kier molecular flexibility index (Phi) is 12.7. The van der Waals surface area contributed by atoms with Gasteiger partial charge in [0.05, 0.1) is 29.8 Å².